The fourth-order valence-corrected chi connectivity index (χ4v) is 2.56. The molecule has 0 fully saturated rings. The number of hydrogen-bond donors (Lipinski definition) is 2. The van der Waals surface area contributed by atoms with E-state index < -0.39 is 0 Å². The molecule has 2 aromatic rings. The van der Waals surface area contributed by atoms with Crippen LogP contribution in [0.15, 0.2) is 36.4 Å². The summed E-state index contributed by atoms with van der Waals surface area (Å²) >= 11 is 0. The van der Waals surface area contributed by atoms with Crippen LogP contribution >= 0.6 is 0 Å². The molecule has 1 unspecified atom stereocenters. The Balaban J connectivity index is 2.23. The first-order valence-electron chi connectivity index (χ1n) is 7.22. The largest absolute Gasteiger partial charge is 0.496 e. The quantitative estimate of drug-likeness (QED) is 0.653. The highest BCUT2D eigenvalue weighted by atomic mass is 16.5. The standard InChI is InChI=1S/C18H24N2O/c1-12-5-6-15(9-13(12)2)11-17(20-19)16-7-8-18(21-4)14(3)10-16/h5-10,17,20H,11,19H2,1-4H3. The molecular weight excluding hydrogens is 260 g/mol. The highest BCUT2D eigenvalue weighted by molar-refractivity contribution is 5.38. The third kappa shape index (κ3) is 3.63. The monoisotopic (exact) mass is 284 g/mol. The number of nitrogens with two attached hydrogens (primary N) is 1. The lowest BCUT2D eigenvalue weighted by Gasteiger charge is -2.18. The van der Waals surface area contributed by atoms with E-state index in [1.807, 2.05) is 13.0 Å². The molecule has 0 spiro atoms. The first-order chi connectivity index (χ1) is 10.0. The zero-order valence-corrected chi connectivity index (χ0v) is 13.2. The fourth-order valence-electron chi connectivity index (χ4n) is 2.56. The molecule has 0 saturated heterocycles. The van der Waals surface area contributed by atoms with Crippen molar-refractivity contribution in [1.29, 1.82) is 0 Å². The molecule has 2 aromatic carbocycles. The molecule has 0 heterocycles. The van der Waals surface area contributed by atoms with Crippen LogP contribution in [0.4, 0.5) is 0 Å². The van der Waals surface area contributed by atoms with Gasteiger partial charge in [0.05, 0.1) is 7.11 Å². The Labute approximate surface area is 127 Å². The van der Waals surface area contributed by atoms with Crippen molar-refractivity contribution in [2.45, 2.75) is 33.2 Å². The molecule has 0 bridgehead atoms. The molecule has 0 aliphatic heterocycles. The van der Waals surface area contributed by atoms with Gasteiger partial charge in [-0.3, -0.25) is 11.3 Å². The van der Waals surface area contributed by atoms with Crippen molar-refractivity contribution in [3.63, 3.8) is 0 Å². The topological polar surface area (TPSA) is 47.3 Å². The molecule has 3 nitrogen and oxygen atoms in total. The fraction of sp³-hybridized carbons (Fsp3) is 0.333. The van der Waals surface area contributed by atoms with Crippen molar-refractivity contribution in [3.05, 3.63) is 64.2 Å². The summed E-state index contributed by atoms with van der Waals surface area (Å²) in [6.07, 6.45) is 0.864. The van der Waals surface area contributed by atoms with Crippen LogP contribution in [0.1, 0.15) is 33.9 Å². The number of methoxy groups -OCH3 is 1. The third-order valence-electron chi connectivity index (χ3n) is 4.03. The second-order valence-corrected chi connectivity index (χ2v) is 5.57. The Bertz CT molecular complexity index is 623. The maximum absolute atomic E-state index is 5.76. The Kier molecular flexibility index (Phi) is 4.99. The van der Waals surface area contributed by atoms with E-state index in [-0.39, 0.29) is 6.04 Å². The van der Waals surface area contributed by atoms with Crippen molar-refractivity contribution >= 4 is 0 Å². The molecule has 1 atom stereocenters. The molecule has 0 aliphatic carbocycles. The van der Waals surface area contributed by atoms with E-state index >= 15 is 0 Å². The first-order valence-corrected chi connectivity index (χ1v) is 7.22. The lowest BCUT2D eigenvalue weighted by Crippen LogP contribution is -2.29. The highest BCUT2D eigenvalue weighted by Gasteiger charge is 2.12. The van der Waals surface area contributed by atoms with Crippen LogP contribution in [-0.4, -0.2) is 7.11 Å². The van der Waals surface area contributed by atoms with Crippen LogP contribution in [0.25, 0.3) is 0 Å². The summed E-state index contributed by atoms with van der Waals surface area (Å²) in [7, 11) is 1.69. The second kappa shape index (κ2) is 6.74. The highest BCUT2D eigenvalue weighted by Crippen LogP contribution is 2.25. The van der Waals surface area contributed by atoms with Crippen molar-refractivity contribution in [2.75, 3.05) is 7.11 Å². The average Bonchev–Trinajstić information content (AvgIpc) is 2.48. The SMILES string of the molecule is COc1ccc(C(Cc2ccc(C)c(C)c2)NN)cc1C. The summed E-state index contributed by atoms with van der Waals surface area (Å²) in [5.41, 5.74) is 9.14. The Morgan fingerprint density at radius 3 is 2.33 bits per heavy atom. The molecular formula is C18H24N2O. The maximum atomic E-state index is 5.76. The molecule has 0 aliphatic rings. The van der Waals surface area contributed by atoms with E-state index in [2.05, 4.69) is 49.6 Å². The molecule has 0 radical (unpaired) electrons. The molecule has 3 N–H and O–H groups in total. The van der Waals surface area contributed by atoms with Gasteiger partial charge in [-0.05, 0) is 61.1 Å². The molecule has 2 rings (SSSR count). The van der Waals surface area contributed by atoms with E-state index in [0.717, 1.165) is 17.7 Å². The Hall–Kier alpha value is -1.84. The van der Waals surface area contributed by atoms with Gasteiger partial charge in [0.15, 0.2) is 0 Å². The average molecular weight is 284 g/mol. The number of rotatable bonds is 5. The minimum Gasteiger partial charge on any atom is -0.496 e. The minimum absolute atomic E-state index is 0.0942. The number of aryl methyl sites for hydroxylation is 3. The molecule has 0 saturated carbocycles. The van der Waals surface area contributed by atoms with Crippen molar-refractivity contribution in [2.24, 2.45) is 5.84 Å². The van der Waals surface area contributed by atoms with Gasteiger partial charge in [0, 0.05) is 6.04 Å². The minimum atomic E-state index is 0.0942. The summed E-state index contributed by atoms with van der Waals surface area (Å²) in [5.74, 6) is 6.66. The summed E-state index contributed by atoms with van der Waals surface area (Å²) in [5, 5.41) is 0. The number of nitrogens with one attached hydrogen (secondary N) is 1. The van der Waals surface area contributed by atoms with Gasteiger partial charge in [0.1, 0.15) is 5.75 Å². The summed E-state index contributed by atoms with van der Waals surface area (Å²) in [6.45, 7) is 6.32. The van der Waals surface area contributed by atoms with E-state index in [1.165, 1.54) is 22.3 Å². The van der Waals surface area contributed by atoms with E-state index in [4.69, 9.17) is 10.6 Å². The second-order valence-electron chi connectivity index (χ2n) is 5.57. The van der Waals surface area contributed by atoms with Gasteiger partial charge in [-0.1, -0.05) is 30.3 Å². The van der Waals surface area contributed by atoms with Gasteiger partial charge in [-0.15, -0.1) is 0 Å². The maximum Gasteiger partial charge on any atom is 0.121 e. The predicted molar refractivity (Wildman–Crippen MR) is 87.4 cm³/mol. The smallest absolute Gasteiger partial charge is 0.121 e. The number of ether oxygens (including phenoxy) is 1. The molecule has 0 amide bonds. The normalized spacial score (nSPS) is 12.2. The van der Waals surface area contributed by atoms with Gasteiger partial charge < -0.3 is 4.74 Å². The summed E-state index contributed by atoms with van der Waals surface area (Å²) in [4.78, 5) is 0. The molecule has 21 heavy (non-hydrogen) atoms. The number of hydrazine groups is 1. The summed E-state index contributed by atoms with van der Waals surface area (Å²) < 4.78 is 5.31. The molecule has 3 heteroatoms. The van der Waals surface area contributed by atoms with Gasteiger partial charge in [-0.2, -0.15) is 0 Å². The lowest BCUT2D eigenvalue weighted by atomic mass is 9.96. The van der Waals surface area contributed by atoms with E-state index in [0.29, 0.717) is 0 Å². The van der Waals surface area contributed by atoms with Gasteiger partial charge in [0.2, 0.25) is 0 Å². The zero-order chi connectivity index (χ0) is 15.4. The van der Waals surface area contributed by atoms with Crippen molar-refractivity contribution in [3.8, 4) is 5.75 Å². The van der Waals surface area contributed by atoms with Crippen LogP contribution in [-0.2, 0) is 6.42 Å². The van der Waals surface area contributed by atoms with Crippen LogP contribution in [0, 0.1) is 20.8 Å². The van der Waals surface area contributed by atoms with Gasteiger partial charge >= 0.3 is 0 Å². The van der Waals surface area contributed by atoms with Crippen LogP contribution in [0.3, 0.4) is 0 Å². The third-order valence-corrected chi connectivity index (χ3v) is 4.03. The number of hydrogen-bond acceptors (Lipinski definition) is 3. The van der Waals surface area contributed by atoms with E-state index in [1.54, 1.807) is 7.11 Å². The predicted octanol–water partition coefficient (Wildman–Crippen LogP) is 3.37. The molecule has 0 aromatic heterocycles. The first kappa shape index (κ1) is 15.5. The van der Waals surface area contributed by atoms with Crippen LogP contribution in [0.2, 0.25) is 0 Å². The van der Waals surface area contributed by atoms with Gasteiger partial charge in [0.25, 0.3) is 0 Å². The number of benzene rings is 2. The van der Waals surface area contributed by atoms with Crippen molar-refractivity contribution in [1.82, 2.24) is 5.43 Å². The van der Waals surface area contributed by atoms with Crippen molar-refractivity contribution < 1.29 is 4.74 Å². The summed E-state index contributed by atoms with van der Waals surface area (Å²) in [6, 6.07) is 12.9. The van der Waals surface area contributed by atoms with Crippen LogP contribution in [0.5, 0.6) is 5.75 Å². The van der Waals surface area contributed by atoms with Gasteiger partial charge in [-0.25, -0.2) is 0 Å². The lowest BCUT2D eigenvalue weighted by molar-refractivity contribution is 0.411. The van der Waals surface area contributed by atoms with E-state index in [9.17, 15) is 0 Å². The zero-order valence-electron chi connectivity index (χ0n) is 13.2. The Morgan fingerprint density at radius 2 is 1.76 bits per heavy atom. The van der Waals surface area contributed by atoms with Crippen LogP contribution < -0.4 is 16.0 Å². The Morgan fingerprint density at radius 1 is 1.00 bits per heavy atom. The molecule has 112 valence electrons.